The van der Waals surface area contributed by atoms with Gasteiger partial charge in [-0.05, 0) is 0 Å². The van der Waals surface area contributed by atoms with E-state index < -0.39 is 31.1 Å². The van der Waals surface area contributed by atoms with Crippen molar-refractivity contribution < 1.29 is 20.1 Å². The molecule has 0 amide bonds. The molecule has 11 heavy (non-hydrogen) atoms. The lowest BCUT2D eigenvalue weighted by Gasteiger charge is -2.09. The molecule has 2 atom stereocenters. The monoisotopic (exact) mass is 163 g/mol. The summed E-state index contributed by atoms with van der Waals surface area (Å²) in [6.07, 6.45) is -1.28. The Labute approximate surface area is 64.4 Å². The van der Waals surface area contributed by atoms with Crippen LogP contribution in [-0.4, -0.2) is 46.5 Å². The number of hydrogen-bond donors (Lipinski definition) is 4. The molecule has 0 fully saturated rings. The first-order valence-electron chi connectivity index (χ1n) is 3.30. The molecule has 0 radical (unpaired) electrons. The molecule has 0 rings (SSSR count). The second-order valence-electron chi connectivity index (χ2n) is 2.30. The molecule has 5 nitrogen and oxygen atoms in total. The van der Waals surface area contributed by atoms with Crippen LogP contribution in [0.2, 0.25) is 0 Å². The van der Waals surface area contributed by atoms with E-state index in [0.29, 0.717) is 0 Å². The highest BCUT2D eigenvalue weighted by atomic mass is 16.3. The highest BCUT2D eigenvalue weighted by molar-refractivity contribution is 5.84. The summed E-state index contributed by atoms with van der Waals surface area (Å²) in [6.45, 7) is -0.902. The molecular formula is C6H13NO4. The normalized spacial score (nSPS) is 16.0. The fourth-order valence-corrected chi connectivity index (χ4v) is 0.550. The second-order valence-corrected chi connectivity index (χ2v) is 2.30. The lowest BCUT2D eigenvalue weighted by atomic mass is 10.1. The van der Waals surface area contributed by atoms with E-state index in [4.69, 9.17) is 21.1 Å². The van der Waals surface area contributed by atoms with Crippen LogP contribution < -0.4 is 5.73 Å². The Morgan fingerprint density at radius 3 is 2.27 bits per heavy atom. The molecular weight excluding hydrogens is 150 g/mol. The van der Waals surface area contributed by atoms with Crippen LogP contribution in [0.5, 0.6) is 0 Å². The number of Topliss-reactive ketones (excluding diaryl/α,β-unsaturated/α-hetero) is 1. The van der Waals surface area contributed by atoms with Crippen LogP contribution >= 0.6 is 0 Å². The number of nitrogens with two attached hydrogens (primary N) is 1. The summed E-state index contributed by atoms with van der Waals surface area (Å²) in [4.78, 5) is 10.8. The SMILES string of the molecule is N[C@@H](CO)C(=O)C[C@H](O)CO. The summed E-state index contributed by atoms with van der Waals surface area (Å²) in [7, 11) is 0. The van der Waals surface area contributed by atoms with Crippen molar-refractivity contribution in [1.82, 2.24) is 0 Å². The number of carbonyl (C=O) groups is 1. The zero-order valence-corrected chi connectivity index (χ0v) is 6.10. The van der Waals surface area contributed by atoms with Gasteiger partial charge in [0.2, 0.25) is 0 Å². The first-order valence-corrected chi connectivity index (χ1v) is 3.30. The van der Waals surface area contributed by atoms with Gasteiger partial charge in [-0.2, -0.15) is 0 Å². The third-order valence-corrected chi connectivity index (χ3v) is 1.26. The highest BCUT2D eigenvalue weighted by Crippen LogP contribution is 1.94. The Kier molecular flexibility index (Phi) is 4.97. The van der Waals surface area contributed by atoms with E-state index in [-0.39, 0.29) is 6.42 Å². The van der Waals surface area contributed by atoms with Crippen LogP contribution in [0.4, 0.5) is 0 Å². The highest BCUT2D eigenvalue weighted by Gasteiger charge is 2.15. The van der Waals surface area contributed by atoms with Gasteiger partial charge in [0.15, 0.2) is 5.78 Å². The Morgan fingerprint density at radius 1 is 1.36 bits per heavy atom. The number of ketones is 1. The minimum absolute atomic E-state index is 0.210. The maximum absolute atomic E-state index is 10.8. The zero-order valence-electron chi connectivity index (χ0n) is 6.10. The van der Waals surface area contributed by atoms with E-state index in [2.05, 4.69) is 0 Å². The van der Waals surface area contributed by atoms with Gasteiger partial charge in [0, 0.05) is 6.42 Å². The Balaban J connectivity index is 3.68. The van der Waals surface area contributed by atoms with E-state index in [0.717, 1.165) is 0 Å². The van der Waals surface area contributed by atoms with Crippen molar-refractivity contribution >= 4 is 5.78 Å². The average molecular weight is 163 g/mol. The fraction of sp³-hybridized carbons (Fsp3) is 0.833. The molecule has 5 N–H and O–H groups in total. The Morgan fingerprint density at radius 2 is 1.91 bits per heavy atom. The molecule has 0 aromatic heterocycles. The zero-order chi connectivity index (χ0) is 8.85. The number of carbonyl (C=O) groups excluding carboxylic acids is 1. The molecule has 66 valence electrons. The van der Waals surface area contributed by atoms with Gasteiger partial charge in [0.25, 0.3) is 0 Å². The second kappa shape index (κ2) is 5.20. The molecule has 0 unspecified atom stereocenters. The molecule has 0 aliphatic rings. The minimum Gasteiger partial charge on any atom is -0.394 e. The summed E-state index contributed by atoms with van der Waals surface area (Å²) in [5.74, 6) is -0.450. The van der Waals surface area contributed by atoms with Gasteiger partial charge < -0.3 is 21.1 Å². The van der Waals surface area contributed by atoms with Crippen molar-refractivity contribution in [2.75, 3.05) is 13.2 Å². The fourth-order valence-electron chi connectivity index (χ4n) is 0.550. The maximum Gasteiger partial charge on any atom is 0.154 e. The summed E-state index contributed by atoms with van der Waals surface area (Å²) >= 11 is 0. The molecule has 0 saturated heterocycles. The molecule has 0 aliphatic heterocycles. The molecule has 0 aliphatic carbocycles. The molecule has 0 saturated carbocycles. The van der Waals surface area contributed by atoms with Crippen LogP contribution in [0.3, 0.4) is 0 Å². The van der Waals surface area contributed by atoms with Gasteiger partial charge in [0.1, 0.15) is 0 Å². The van der Waals surface area contributed by atoms with Crippen molar-refractivity contribution in [3.63, 3.8) is 0 Å². The minimum atomic E-state index is -1.07. The van der Waals surface area contributed by atoms with Crippen molar-refractivity contribution in [1.29, 1.82) is 0 Å². The van der Waals surface area contributed by atoms with Crippen molar-refractivity contribution in [3.8, 4) is 0 Å². The largest absolute Gasteiger partial charge is 0.394 e. The number of aliphatic hydroxyl groups is 3. The Hall–Kier alpha value is -0.490. The lowest BCUT2D eigenvalue weighted by molar-refractivity contribution is -0.123. The van der Waals surface area contributed by atoms with Gasteiger partial charge in [-0.1, -0.05) is 0 Å². The third-order valence-electron chi connectivity index (χ3n) is 1.26. The molecule has 0 aromatic rings. The van der Waals surface area contributed by atoms with Crippen molar-refractivity contribution in [3.05, 3.63) is 0 Å². The van der Waals surface area contributed by atoms with Gasteiger partial charge in [-0.15, -0.1) is 0 Å². The standard InChI is InChI=1S/C6H13NO4/c7-5(3-9)6(11)1-4(10)2-8/h4-5,8-10H,1-3,7H2/t4-,5-/m0/s1. The van der Waals surface area contributed by atoms with Gasteiger partial charge in [-0.3, -0.25) is 4.79 Å². The summed E-state index contributed by atoms with van der Waals surface area (Å²) < 4.78 is 0. The lowest BCUT2D eigenvalue weighted by Crippen LogP contribution is -2.36. The van der Waals surface area contributed by atoms with Crippen LogP contribution in [-0.2, 0) is 4.79 Å². The van der Waals surface area contributed by atoms with Crippen molar-refractivity contribution in [2.24, 2.45) is 5.73 Å². The maximum atomic E-state index is 10.8. The summed E-state index contributed by atoms with van der Waals surface area (Å²) in [5, 5.41) is 25.5. The Bertz CT molecular complexity index is 128. The number of hydrogen-bond acceptors (Lipinski definition) is 5. The third kappa shape index (κ3) is 4.05. The molecule has 5 heteroatoms. The first kappa shape index (κ1) is 10.5. The average Bonchev–Trinajstić information content (AvgIpc) is 2.02. The van der Waals surface area contributed by atoms with E-state index >= 15 is 0 Å². The van der Waals surface area contributed by atoms with E-state index in [1.54, 1.807) is 0 Å². The topological polar surface area (TPSA) is 104 Å². The number of aliphatic hydroxyl groups excluding tert-OH is 3. The van der Waals surface area contributed by atoms with Gasteiger partial charge in [-0.25, -0.2) is 0 Å². The van der Waals surface area contributed by atoms with E-state index in [1.807, 2.05) is 0 Å². The molecule has 0 aromatic carbocycles. The van der Waals surface area contributed by atoms with Crippen LogP contribution in [0.1, 0.15) is 6.42 Å². The van der Waals surface area contributed by atoms with Crippen LogP contribution in [0, 0.1) is 0 Å². The van der Waals surface area contributed by atoms with E-state index in [1.165, 1.54) is 0 Å². The van der Waals surface area contributed by atoms with E-state index in [9.17, 15) is 4.79 Å². The van der Waals surface area contributed by atoms with Crippen LogP contribution in [0.15, 0.2) is 0 Å². The first-order chi connectivity index (χ1) is 5.11. The molecule has 0 heterocycles. The predicted molar refractivity (Wildman–Crippen MR) is 37.8 cm³/mol. The molecule has 0 bridgehead atoms. The smallest absolute Gasteiger partial charge is 0.154 e. The predicted octanol–water partition coefficient (Wildman–Crippen LogP) is -2.38. The summed E-state index contributed by atoms with van der Waals surface area (Å²) in [6, 6.07) is -0.948. The van der Waals surface area contributed by atoms with Gasteiger partial charge in [0.05, 0.1) is 25.4 Å². The molecule has 0 spiro atoms. The van der Waals surface area contributed by atoms with Gasteiger partial charge >= 0.3 is 0 Å². The number of rotatable bonds is 5. The van der Waals surface area contributed by atoms with Crippen LogP contribution in [0.25, 0.3) is 0 Å². The summed E-state index contributed by atoms with van der Waals surface area (Å²) in [5.41, 5.74) is 5.13. The quantitative estimate of drug-likeness (QED) is 0.362. The van der Waals surface area contributed by atoms with Crippen molar-refractivity contribution in [2.45, 2.75) is 18.6 Å².